The molecule has 0 N–H and O–H groups in total. The molecule has 0 fully saturated rings. The van der Waals surface area contributed by atoms with Crippen molar-refractivity contribution in [1.29, 1.82) is 5.26 Å². The maximum atomic E-state index is 10.2. The van der Waals surface area contributed by atoms with E-state index < -0.39 is 0 Å². The summed E-state index contributed by atoms with van der Waals surface area (Å²) in [5.74, 6) is 0.643. The molecule has 0 saturated heterocycles. The zero-order chi connectivity index (χ0) is 44.1. The summed E-state index contributed by atoms with van der Waals surface area (Å²) in [4.78, 5) is 14.2. The summed E-state index contributed by atoms with van der Waals surface area (Å²) in [6.07, 6.45) is 0. The highest BCUT2D eigenvalue weighted by Crippen LogP contribution is 2.45. The number of nitriles is 1. The van der Waals surface area contributed by atoms with Gasteiger partial charge in [0.25, 0.3) is 0 Å². The van der Waals surface area contributed by atoms with Crippen molar-refractivity contribution in [2.24, 2.45) is 0 Å². The standard InChI is InChI=1S/C60H36N6/c1-62-43-32-33-44(42(35-43)38-61)41-31-34-57-50(36-41)47-23-10-14-28-55(47)66(57)58-30-16-25-48(52-37-51(39-17-4-2-5-18-39)63-60(64-52)40-19-6-3-7-20-40)59(58)49-24-11-15-29-56(49)65-53-26-12-8-21-45(53)46-22-9-13-27-54(46)65/h2-37H. The van der Waals surface area contributed by atoms with Gasteiger partial charge in [0.1, 0.15) is 0 Å². The monoisotopic (exact) mass is 840 g/mol. The minimum absolute atomic E-state index is 0.442. The van der Waals surface area contributed by atoms with Crippen molar-refractivity contribution in [1.82, 2.24) is 19.1 Å². The second kappa shape index (κ2) is 15.8. The summed E-state index contributed by atoms with van der Waals surface area (Å²) in [6, 6.07) is 77.8. The normalized spacial score (nSPS) is 11.3. The van der Waals surface area contributed by atoms with Crippen LogP contribution in [0.1, 0.15) is 5.56 Å². The molecule has 0 bridgehead atoms. The van der Waals surface area contributed by atoms with Crippen molar-refractivity contribution in [3.63, 3.8) is 0 Å². The third-order valence-electron chi connectivity index (χ3n) is 12.6. The van der Waals surface area contributed by atoms with E-state index in [0.29, 0.717) is 17.1 Å². The Morgan fingerprint density at radius 2 is 0.955 bits per heavy atom. The molecular formula is C60H36N6. The van der Waals surface area contributed by atoms with Gasteiger partial charge in [-0.3, -0.25) is 0 Å². The number of rotatable bonds is 7. The van der Waals surface area contributed by atoms with Crippen molar-refractivity contribution in [2.75, 3.05) is 0 Å². The fraction of sp³-hybridized carbons (Fsp3) is 0. The Labute approximate surface area is 381 Å². The fourth-order valence-electron chi connectivity index (χ4n) is 9.69. The Bertz CT molecular complexity index is 3850. The lowest BCUT2D eigenvalue weighted by molar-refractivity contribution is 1.15. The van der Waals surface area contributed by atoms with E-state index in [-0.39, 0.29) is 0 Å². The van der Waals surface area contributed by atoms with Crippen LogP contribution in [0.4, 0.5) is 5.69 Å². The van der Waals surface area contributed by atoms with Gasteiger partial charge >= 0.3 is 0 Å². The topological polar surface area (TPSA) is 63.8 Å². The van der Waals surface area contributed by atoms with Gasteiger partial charge in [-0.2, -0.15) is 5.26 Å². The second-order valence-electron chi connectivity index (χ2n) is 16.3. The van der Waals surface area contributed by atoms with E-state index in [1.165, 1.54) is 10.8 Å². The lowest BCUT2D eigenvalue weighted by atomic mass is 9.93. The highest BCUT2D eigenvalue weighted by atomic mass is 15.0. The number of benzene rings is 9. The van der Waals surface area contributed by atoms with Gasteiger partial charge in [-0.25, -0.2) is 14.8 Å². The molecule has 12 rings (SSSR count). The quantitative estimate of drug-likeness (QED) is 0.150. The zero-order valence-electron chi connectivity index (χ0n) is 35.5. The molecule has 0 unspecified atom stereocenters. The molecule has 0 atom stereocenters. The van der Waals surface area contributed by atoms with E-state index in [2.05, 4.69) is 184 Å². The molecule has 6 heteroatoms. The number of nitrogens with zero attached hydrogens (tertiary/aromatic N) is 6. The molecule has 0 aliphatic rings. The average molecular weight is 841 g/mol. The Hall–Kier alpha value is -9.36. The molecule has 6 nitrogen and oxygen atoms in total. The number of hydrogen-bond acceptors (Lipinski definition) is 3. The van der Waals surface area contributed by atoms with E-state index in [0.717, 1.165) is 94.5 Å². The molecule has 66 heavy (non-hydrogen) atoms. The summed E-state index contributed by atoms with van der Waals surface area (Å²) in [5.41, 5.74) is 15.5. The zero-order valence-corrected chi connectivity index (χ0v) is 35.5. The van der Waals surface area contributed by atoms with Gasteiger partial charge in [-0.1, -0.05) is 164 Å². The van der Waals surface area contributed by atoms with Crippen LogP contribution in [0.25, 0.3) is 116 Å². The van der Waals surface area contributed by atoms with Gasteiger partial charge in [-0.05, 0) is 65.7 Å². The fourth-order valence-corrected chi connectivity index (χ4v) is 9.69. The van der Waals surface area contributed by atoms with Crippen LogP contribution in [0.15, 0.2) is 218 Å². The minimum Gasteiger partial charge on any atom is -0.309 e. The predicted molar refractivity (Wildman–Crippen MR) is 269 cm³/mol. The number of hydrogen-bond donors (Lipinski definition) is 0. The van der Waals surface area contributed by atoms with Crippen LogP contribution in [-0.2, 0) is 0 Å². The van der Waals surface area contributed by atoms with Crippen molar-refractivity contribution in [3.05, 3.63) is 235 Å². The Morgan fingerprint density at radius 3 is 1.64 bits per heavy atom. The summed E-state index contributed by atoms with van der Waals surface area (Å²) in [6.45, 7) is 7.55. The highest BCUT2D eigenvalue weighted by Gasteiger charge is 2.24. The Morgan fingerprint density at radius 1 is 0.409 bits per heavy atom. The molecule has 0 aliphatic carbocycles. The maximum absolute atomic E-state index is 10.2. The van der Waals surface area contributed by atoms with Gasteiger partial charge in [-0.15, -0.1) is 0 Å². The number of fused-ring (bicyclic) bond motifs is 6. The SMILES string of the molecule is [C-]#[N+]c1ccc(-c2ccc3c(c2)c2ccccc2n3-c2cccc(-c3cc(-c4ccccc4)nc(-c4ccccc4)n3)c2-c2ccccc2-n2c3ccccc3c3ccccc32)c(C#N)c1. The molecule has 12 aromatic rings. The maximum Gasteiger partial charge on any atom is 0.188 e. The minimum atomic E-state index is 0.442. The number of para-hydroxylation sites is 4. The van der Waals surface area contributed by atoms with Crippen LogP contribution in [-0.4, -0.2) is 19.1 Å². The van der Waals surface area contributed by atoms with Crippen LogP contribution in [0.3, 0.4) is 0 Å². The van der Waals surface area contributed by atoms with E-state index in [9.17, 15) is 5.26 Å². The Balaban J connectivity index is 1.19. The van der Waals surface area contributed by atoms with E-state index in [1.54, 1.807) is 12.1 Å². The summed E-state index contributed by atoms with van der Waals surface area (Å²) < 4.78 is 4.77. The van der Waals surface area contributed by atoms with Crippen LogP contribution in [0.5, 0.6) is 0 Å². The summed E-state index contributed by atoms with van der Waals surface area (Å²) >= 11 is 0. The van der Waals surface area contributed by atoms with Gasteiger partial charge in [0.2, 0.25) is 0 Å². The lowest BCUT2D eigenvalue weighted by Gasteiger charge is -2.22. The molecule has 0 saturated carbocycles. The third-order valence-corrected chi connectivity index (χ3v) is 12.6. The molecule has 0 amide bonds. The first-order chi connectivity index (χ1) is 32.7. The van der Waals surface area contributed by atoms with Crippen LogP contribution >= 0.6 is 0 Å². The smallest absolute Gasteiger partial charge is 0.188 e. The third kappa shape index (κ3) is 6.25. The van der Waals surface area contributed by atoms with Crippen LogP contribution in [0, 0.1) is 17.9 Å². The van der Waals surface area contributed by atoms with E-state index in [1.807, 2.05) is 42.5 Å². The van der Waals surface area contributed by atoms with Crippen molar-refractivity contribution in [3.8, 4) is 73.6 Å². The summed E-state index contributed by atoms with van der Waals surface area (Å²) in [5, 5.41) is 14.7. The van der Waals surface area contributed by atoms with E-state index >= 15 is 0 Å². The molecule has 0 spiro atoms. The molecule has 0 radical (unpaired) electrons. The van der Waals surface area contributed by atoms with Crippen LogP contribution in [0.2, 0.25) is 0 Å². The average Bonchev–Trinajstić information content (AvgIpc) is 3.91. The van der Waals surface area contributed by atoms with Crippen LogP contribution < -0.4 is 0 Å². The molecular weight excluding hydrogens is 805 g/mol. The van der Waals surface area contributed by atoms with Gasteiger partial charge in [0.05, 0.1) is 57.5 Å². The lowest BCUT2D eigenvalue weighted by Crippen LogP contribution is -2.04. The van der Waals surface area contributed by atoms with Gasteiger partial charge < -0.3 is 9.13 Å². The Kier molecular flexibility index (Phi) is 9.16. The number of aromatic nitrogens is 4. The molecule has 0 aliphatic heterocycles. The first kappa shape index (κ1) is 38.3. The first-order valence-corrected chi connectivity index (χ1v) is 21.8. The van der Waals surface area contributed by atoms with Gasteiger partial charge in [0.15, 0.2) is 11.5 Å². The van der Waals surface area contributed by atoms with Crippen molar-refractivity contribution < 1.29 is 0 Å². The van der Waals surface area contributed by atoms with Crippen molar-refractivity contribution in [2.45, 2.75) is 0 Å². The summed E-state index contributed by atoms with van der Waals surface area (Å²) in [7, 11) is 0. The first-order valence-electron chi connectivity index (χ1n) is 21.8. The van der Waals surface area contributed by atoms with Crippen molar-refractivity contribution >= 4 is 49.3 Å². The largest absolute Gasteiger partial charge is 0.309 e. The molecule has 3 aromatic heterocycles. The molecule has 306 valence electrons. The van der Waals surface area contributed by atoms with Gasteiger partial charge in [0, 0.05) is 54.9 Å². The highest BCUT2D eigenvalue weighted by molar-refractivity contribution is 6.13. The predicted octanol–water partition coefficient (Wildman–Crippen LogP) is 15.4. The second-order valence-corrected chi connectivity index (χ2v) is 16.3. The molecule has 9 aromatic carbocycles. The molecule has 3 heterocycles. The van der Waals surface area contributed by atoms with E-state index in [4.69, 9.17) is 16.5 Å².